The van der Waals surface area contributed by atoms with Crippen LogP contribution in [0.25, 0.3) is 0 Å². The zero-order valence-corrected chi connectivity index (χ0v) is 8.77. The first-order valence-corrected chi connectivity index (χ1v) is 4.79. The number of hydrogen-bond donors (Lipinski definition) is 1. The first-order valence-electron chi connectivity index (χ1n) is 4.79. The van der Waals surface area contributed by atoms with Gasteiger partial charge < -0.3 is 5.73 Å². The molecule has 78 valence electrons. The van der Waals surface area contributed by atoms with E-state index in [0.717, 1.165) is 12.8 Å². The summed E-state index contributed by atoms with van der Waals surface area (Å²) in [6.45, 7) is 0. The second-order valence-corrected chi connectivity index (χ2v) is 3.74. The van der Waals surface area contributed by atoms with Crippen molar-refractivity contribution in [3.05, 3.63) is 35.6 Å². The average Bonchev–Trinajstić information content (AvgIpc) is 2.01. The highest BCUT2D eigenvalue weighted by Crippen LogP contribution is 2.36. The van der Waals surface area contributed by atoms with Crippen molar-refractivity contribution >= 4 is 12.4 Å². The first kappa shape index (κ1) is 11.5. The fourth-order valence-electron chi connectivity index (χ4n) is 1.80. The molecule has 2 rings (SSSR count). The number of rotatable bonds is 2. The topological polar surface area (TPSA) is 26.0 Å². The highest BCUT2D eigenvalue weighted by molar-refractivity contribution is 5.85. The van der Waals surface area contributed by atoms with Gasteiger partial charge in [-0.1, -0.05) is 24.6 Å². The lowest BCUT2D eigenvalue weighted by Crippen LogP contribution is -2.27. The van der Waals surface area contributed by atoms with Crippen molar-refractivity contribution in [1.29, 1.82) is 0 Å². The Hall–Kier alpha value is -0.600. The van der Waals surface area contributed by atoms with E-state index in [0.29, 0.717) is 11.5 Å². The van der Waals surface area contributed by atoms with E-state index < -0.39 is 0 Å². The normalized spacial score (nSPS) is 18.1. The molecule has 3 heteroatoms. The van der Waals surface area contributed by atoms with Gasteiger partial charge in [0, 0.05) is 11.6 Å². The van der Waals surface area contributed by atoms with Crippen molar-refractivity contribution in [2.24, 2.45) is 11.7 Å². The minimum atomic E-state index is -0.165. The summed E-state index contributed by atoms with van der Waals surface area (Å²) >= 11 is 0. The van der Waals surface area contributed by atoms with Gasteiger partial charge in [0.05, 0.1) is 0 Å². The number of nitrogens with two attached hydrogens (primary N) is 1. The Morgan fingerprint density at radius 2 is 1.93 bits per heavy atom. The van der Waals surface area contributed by atoms with Crippen LogP contribution >= 0.6 is 12.4 Å². The Bertz CT molecular complexity index is 299. The SMILES string of the molecule is Cl.NC(c1ccccc1F)C1CCC1. The maximum absolute atomic E-state index is 13.3. The molecule has 1 saturated carbocycles. The molecule has 0 saturated heterocycles. The summed E-state index contributed by atoms with van der Waals surface area (Å²) in [5.41, 5.74) is 6.63. The smallest absolute Gasteiger partial charge is 0.127 e. The molecular weight excluding hydrogens is 201 g/mol. The van der Waals surface area contributed by atoms with E-state index in [9.17, 15) is 4.39 Å². The monoisotopic (exact) mass is 215 g/mol. The molecule has 0 aliphatic heterocycles. The van der Waals surface area contributed by atoms with Crippen molar-refractivity contribution in [2.45, 2.75) is 25.3 Å². The second-order valence-electron chi connectivity index (χ2n) is 3.74. The van der Waals surface area contributed by atoms with E-state index in [1.165, 1.54) is 12.5 Å². The standard InChI is InChI=1S/C11H14FN.ClH/c12-10-7-2-1-6-9(10)11(13)8-4-3-5-8;/h1-2,6-8,11H,3-5,13H2;1H. The molecule has 0 radical (unpaired) electrons. The highest BCUT2D eigenvalue weighted by Gasteiger charge is 2.26. The molecule has 0 spiro atoms. The summed E-state index contributed by atoms with van der Waals surface area (Å²) in [7, 11) is 0. The van der Waals surface area contributed by atoms with Gasteiger partial charge in [-0.15, -0.1) is 12.4 Å². The lowest BCUT2D eigenvalue weighted by molar-refractivity contribution is 0.260. The molecule has 14 heavy (non-hydrogen) atoms. The zero-order chi connectivity index (χ0) is 9.26. The quantitative estimate of drug-likeness (QED) is 0.807. The summed E-state index contributed by atoms with van der Waals surface area (Å²) < 4.78 is 13.3. The molecule has 1 fully saturated rings. The fourth-order valence-corrected chi connectivity index (χ4v) is 1.80. The van der Waals surface area contributed by atoms with Crippen LogP contribution in [-0.2, 0) is 0 Å². The average molecular weight is 216 g/mol. The maximum Gasteiger partial charge on any atom is 0.127 e. The third kappa shape index (κ3) is 2.07. The van der Waals surface area contributed by atoms with Crippen molar-refractivity contribution in [3.63, 3.8) is 0 Å². The van der Waals surface area contributed by atoms with Crippen LogP contribution in [0.15, 0.2) is 24.3 Å². The summed E-state index contributed by atoms with van der Waals surface area (Å²) in [4.78, 5) is 0. The van der Waals surface area contributed by atoms with Gasteiger partial charge in [-0.2, -0.15) is 0 Å². The molecule has 1 atom stereocenters. The molecule has 0 heterocycles. The van der Waals surface area contributed by atoms with Crippen molar-refractivity contribution in [1.82, 2.24) is 0 Å². The fraction of sp³-hybridized carbons (Fsp3) is 0.455. The Balaban J connectivity index is 0.000000980. The molecule has 0 amide bonds. The minimum absolute atomic E-state index is 0. The van der Waals surface area contributed by atoms with E-state index in [-0.39, 0.29) is 24.3 Å². The van der Waals surface area contributed by atoms with Crippen LogP contribution in [0, 0.1) is 11.7 Å². The molecule has 1 aliphatic rings. The summed E-state index contributed by atoms with van der Waals surface area (Å²) in [6, 6.07) is 6.71. The van der Waals surface area contributed by atoms with Crippen LogP contribution in [0.5, 0.6) is 0 Å². The Morgan fingerprint density at radius 1 is 1.29 bits per heavy atom. The van der Waals surface area contributed by atoms with Gasteiger partial charge in [0.2, 0.25) is 0 Å². The Labute approximate surface area is 89.9 Å². The molecule has 1 aromatic rings. The van der Waals surface area contributed by atoms with Crippen LogP contribution < -0.4 is 5.73 Å². The Morgan fingerprint density at radius 3 is 2.43 bits per heavy atom. The largest absolute Gasteiger partial charge is 0.324 e. The number of hydrogen-bond acceptors (Lipinski definition) is 1. The van der Waals surface area contributed by atoms with Crippen LogP contribution in [-0.4, -0.2) is 0 Å². The van der Waals surface area contributed by atoms with E-state index in [4.69, 9.17) is 5.73 Å². The lowest BCUT2D eigenvalue weighted by atomic mass is 9.77. The molecule has 0 aromatic heterocycles. The maximum atomic E-state index is 13.3. The van der Waals surface area contributed by atoms with E-state index in [2.05, 4.69) is 0 Å². The van der Waals surface area contributed by atoms with Crippen LogP contribution in [0.1, 0.15) is 30.9 Å². The number of halogens is 2. The summed E-state index contributed by atoms with van der Waals surface area (Å²) in [5, 5.41) is 0. The molecule has 1 unspecified atom stereocenters. The molecular formula is C11H15ClFN. The predicted octanol–water partition coefficient (Wildman–Crippen LogP) is 3.05. The van der Waals surface area contributed by atoms with Crippen LogP contribution in [0.2, 0.25) is 0 Å². The summed E-state index contributed by atoms with van der Waals surface area (Å²) in [6.07, 6.45) is 3.54. The van der Waals surface area contributed by atoms with Gasteiger partial charge in [0.15, 0.2) is 0 Å². The second kappa shape index (κ2) is 4.76. The van der Waals surface area contributed by atoms with Crippen molar-refractivity contribution in [2.75, 3.05) is 0 Å². The summed E-state index contributed by atoms with van der Waals surface area (Å²) in [5.74, 6) is 0.332. The van der Waals surface area contributed by atoms with E-state index in [1.807, 2.05) is 6.07 Å². The predicted molar refractivity (Wildman–Crippen MR) is 57.9 cm³/mol. The van der Waals surface area contributed by atoms with E-state index >= 15 is 0 Å². The molecule has 0 bridgehead atoms. The van der Waals surface area contributed by atoms with Gasteiger partial charge in [-0.05, 0) is 24.8 Å². The molecule has 1 nitrogen and oxygen atoms in total. The molecule has 1 aliphatic carbocycles. The van der Waals surface area contributed by atoms with Gasteiger partial charge in [-0.25, -0.2) is 4.39 Å². The lowest BCUT2D eigenvalue weighted by Gasteiger charge is -2.31. The van der Waals surface area contributed by atoms with Crippen LogP contribution in [0.4, 0.5) is 4.39 Å². The Kier molecular flexibility index (Phi) is 3.90. The zero-order valence-electron chi connectivity index (χ0n) is 7.95. The van der Waals surface area contributed by atoms with Crippen molar-refractivity contribution < 1.29 is 4.39 Å². The third-order valence-corrected chi connectivity index (χ3v) is 2.92. The number of benzene rings is 1. The highest BCUT2D eigenvalue weighted by atomic mass is 35.5. The third-order valence-electron chi connectivity index (χ3n) is 2.92. The van der Waals surface area contributed by atoms with Gasteiger partial charge >= 0.3 is 0 Å². The first-order chi connectivity index (χ1) is 6.29. The minimum Gasteiger partial charge on any atom is -0.324 e. The van der Waals surface area contributed by atoms with E-state index in [1.54, 1.807) is 12.1 Å². The van der Waals surface area contributed by atoms with Crippen LogP contribution in [0.3, 0.4) is 0 Å². The molecule has 1 aromatic carbocycles. The molecule has 2 N–H and O–H groups in total. The van der Waals surface area contributed by atoms with Crippen molar-refractivity contribution in [3.8, 4) is 0 Å². The van der Waals surface area contributed by atoms with Gasteiger partial charge in [0.1, 0.15) is 5.82 Å². The van der Waals surface area contributed by atoms with Gasteiger partial charge in [-0.3, -0.25) is 0 Å². The van der Waals surface area contributed by atoms with Gasteiger partial charge in [0.25, 0.3) is 0 Å².